The van der Waals surface area contributed by atoms with Crippen LogP contribution in [0.15, 0.2) is 4.42 Å². The molecule has 0 bridgehead atoms. The van der Waals surface area contributed by atoms with Crippen molar-refractivity contribution in [3.63, 3.8) is 0 Å². The predicted molar refractivity (Wildman–Crippen MR) is 55.3 cm³/mol. The van der Waals surface area contributed by atoms with Crippen LogP contribution in [-0.4, -0.2) is 11.2 Å². The highest BCUT2D eigenvalue weighted by Gasteiger charge is 2.15. The number of nitriles is 1. The van der Waals surface area contributed by atoms with Crippen molar-refractivity contribution in [1.82, 2.24) is 0 Å². The molecule has 0 radical (unpaired) electrons. The molecule has 0 atom stereocenters. The number of alkyl halides is 1. The van der Waals surface area contributed by atoms with Gasteiger partial charge >= 0.3 is 0 Å². The molecule has 1 heterocycles. The van der Waals surface area contributed by atoms with Gasteiger partial charge in [0.15, 0.2) is 0 Å². The molecule has 0 aromatic carbocycles. The van der Waals surface area contributed by atoms with Crippen LogP contribution >= 0.6 is 15.9 Å². The molecule has 0 aliphatic heterocycles. The molecule has 1 rings (SSSR count). The van der Waals surface area contributed by atoms with Gasteiger partial charge in [-0.05, 0) is 13.8 Å². The maximum atomic E-state index is 11.0. The van der Waals surface area contributed by atoms with Gasteiger partial charge < -0.3 is 4.42 Å². The maximum Gasteiger partial charge on any atom is 0.237 e. The number of nitrogens with one attached hydrogen (secondary N) is 1. The highest BCUT2D eigenvalue weighted by atomic mass is 79.9. The lowest BCUT2D eigenvalue weighted by Gasteiger charge is -1.97. The van der Waals surface area contributed by atoms with Gasteiger partial charge in [0.2, 0.25) is 11.8 Å². The van der Waals surface area contributed by atoms with Crippen molar-refractivity contribution < 1.29 is 9.21 Å². The minimum Gasteiger partial charge on any atom is -0.444 e. The van der Waals surface area contributed by atoms with Crippen molar-refractivity contribution in [2.24, 2.45) is 0 Å². The summed E-state index contributed by atoms with van der Waals surface area (Å²) in [5, 5.41) is 11.5. The van der Waals surface area contributed by atoms with Gasteiger partial charge in [-0.15, -0.1) is 0 Å². The summed E-state index contributed by atoms with van der Waals surface area (Å²) in [4.78, 5) is 11.0. The number of amides is 1. The molecule has 1 N–H and O–H groups in total. The molecule has 0 aliphatic carbocycles. The number of hydrogen-bond acceptors (Lipinski definition) is 3. The molecule has 4 nitrogen and oxygen atoms in total. The SMILES string of the molecule is Cc1oc(NC(=O)CBr)c(C#N)c1C. The fourth-order valence-electron chi connectivity index (χ4n) is 1.01. The van der Waals surface area contributed by atoms with Gasteiger partial charge in [-0.25, -0.2) is 0 Å². The highest BCUT2D eigenvalue weighted by Crippen LogP contribution is 2.25. The van der Waals surface area contributed by atoms with E-state index in [0.29, 0.717) is 11.3 Å². The molecule has 0 saturated carbocycles. The molecule has 14 heavy (non-hydrogen) atoms. The summed E-state index contributed by atoms with van der Waals surface area (Å²) in [6.07, 6.45) is 0. The van der Waals surface area contributed by atoms with E-state index in [4.69, 9.17) is 9.68 Å². The van der Waals surface area contributed by atoms with E-state index in [1.54, 1.807) is 13.8 Å². The number of carbonyl (C=O) groups is 1. The van der Waals surface area contributed by atoms with Gasteiger partial charge in [-0.3, -0.25) is 10.1 Å². The van der Waals surface area contributed by atoms with Crippen molar-refractivity contribution in [2.45, 2.75) is 13.8 Å². The van der Waals surface area contributed by atoms with Crippen molar-refractivity contribution in [3.05, 3.63) is 16.9 Å². The first-order valence-corrected chi connectivity index (χ1v) is 5.08. The summed E-state index contributed by atoms with van der Waals surface area (Å²) in [6.45, 7) is 3.53. The fraction of sp³-hybridized carbons (Fsp3) is 0.333. The zero-order valence-corrected chi connectivity index (χ0v) is 9.43. The number of aryl methyl sites for hydroxylation is 1. The van der Waals surface area contributed by atoms with Crippen LogP contribution in [0.5, 0.6) is 0 Å². The van der Waals surface area contributed by atoms with Crippen LogP contribution in [0, 0.1) is 25.2 Å². The molecular weight excluding hydrogens is 248 g/mol. The Morgan fingerprint density at radius 2 is 2.29 bits per heavy atom. The van der Waals surface area contributed by atoms with Gasteiger partial charge in [0.25, 0.3) is 0 Å². The Labute approximate surface area is 90.0 Å². The van der Waals surface area contributed by atoms with E-state index in [9.17, 15) is 4.79 Å². The van der Waals surface area contributed by atoms with E-state index in [0.717, 1.165) is 5.56 Å². The van der Waals surface area contributed by atoms with E-state index < -0.39 is 0 Å². The molecule has 74 valence electrons. The number of rotatable bonds is 2. The second-order valence-corrected chi connectivity index (χ2v) is 3.34. The smallest absolute Gasteiger partial charge is 0.237 e. The normalized spacial score (nSPS) is 9.57. The molecule has 0 aliphatic rings. The fourth-order valence-corrected chi connectivity index (χ4v) is 1.15. The van der Waals surface area contributed by atoms with Crippen molar-refractivity contribution >= 4 is 27.7 Å². The predicted octanol–water partition coefficient (Wildman–Crippen LogP) is 2.10. The van der Waals surface area contributed by atoms with Crippen LogP contribution in [0.4, 0.5) is 5.88 Å². The largest absolute Gasteiger partial charge is 0.444 e. The molecule has 0 spiro atoms. The zero-order valence-electron chi connectivity index (χ0n) is 7.85. The number of halogens is 1. The maximum absolute atomic E-state index is 11.0. The lowest BCUT2D eigenvalue weighted by Crippen LogP contribution is -2.12. The highest BCUT2D eigenvalue weighted by molar-refractivity contribution is 9.09. The minimum absolute atomic E-state index is 0.177. The first-order valence-electron chi connectivity index (χ1n) is 3.96. The van der Waals surface area contributed by atoms with Crippen LogP contribution in [0.25, 0.3) is 0 Å². The quantitative estimate of drug-likeness (QED) is 0.825. The van der Waals surface area contributed by atoms with E-state index in [1.807, 2.05) is 6.07 Å². The standard InChI is InChI=1S/C9H9BrN2O2/c1-5-6(2)14-9(7(5)4-11)12-8(13)3-10/h3H2,1-2H3,(H,12,13). The average molecular weight is 257 g/mol. The third-order valence-electron chi connectivity index (χ3n) is 1.87. The van der Waals surface area contributed by atoms with Crippen LogP contribution in [0.2, 0.25) is 0 Å². The van der Waals surface area contributed by atoms with E-state index in [2.05, 4.69) is 21.2 Å². The Morgan fingerprint density at radius 1 is 1.64 bits per heavy atom. The average Bonchev–Trinajstić information content (AvgIpc) is 2.42. The lowest BCUT2D eigenvalue weighted by molar-refractivity contribution is -0.113. The third kappa shape index (κ3) is 1.96. The van der Waals surface area contributed by atoms with Crippen LogP contribution < -0.4 is 5.32 Å². The zero-order chi connectivity index (χ0) is 10.7. The first kappa shape index (κ1) is 10.8. The number of hydrogen-bond donors (Lipinski definition) is 1. The Morgan fingerprint density at radius 3 is 2.79 bits per heavy atom. The number of nitrogens with zero attached hydrogens (tertiary/aromatic N) is 1. The Hall–Kier alpha value is -1.28. The molecule has 1 aromatic rings. The second kappa shape index (κ2) is 4.29. The van der Waals surface area contributed by atoms with Crippen LogP contribution in [0.1, 0.15) is 16.9 Å². The molecule has 5 heteroatoms. The molecule has 0 unspecified atom stereocenters. The van der Waals surface area contributed by atoms with Crippen LogP contribution in [-0.2, 0) is 4.79 Å². The first-order chi connectivity index (χ1) is 6.60. The van der Waals surface area contributed by atoms with Gasteiger partial charge in [-0.2, -0.15) is 5.26 Å². The monoisotopic (exact) mass is 256 g/mol. The van der Waals surface area contributed by atoms with E-state index >= 15 is 0 Å². The molecule has 1 aromatic heterocycles. The summed E-state index contributed by atoms with van der Waals surface area (Å²) in [5.41, 5.74) is 1.15. The number of furan rings is 1. The Balaban J connectivity index is 3.04. The van der Waals surface area contributed by atoms with Gasteiger partial charge in [0, 0.05) is 5.56 Å². The summed E-state index contributed by atoms with van der Waals surface area (Å²) >= 11 is 3.01. The topological polar surface area (TPSA) is 66.0 Å². The van der Waals surface area contributed by atoms with E-state index in [1.165, 1.54) is 0 Å². The number of carbonyl (C=O) groups excluding carboxylic acids is 1. The van der Waals surface area contributed by atoms with Gasteiger partial charge in [-0.1, -0.05) is 15.9 Å². The Kier molecular flexibility index (Phi) is 3.31. The molecule has 0 saturated heterocycles. The molecule has 0 fully saturated rings. The van der Waals surface area contributed by atoms with Crippen LogP contribution in [0.3, 0.4) is 0 Å². The second-order valence-electron chi connectivity index (χ2n) is 2.78. The lowest BCUT2D eigenvalue weighted by atomic mass is 10.2. The minimum atomic E-state index is -0.241. The molecular formula is C9H9BrN2O2. The van der Waals surface area contributed by atoms with Crippen molar-refractivity contribution in [1.29, 1.82) is 5.26 Å². The van der Waals surface area contributed by atoms with Crippen molar-refractivity contribution in [3.8, 4) is 6.07 Å². The van der Waals surface area contributed by atoms with Crippen molar-refractivity contribution in [2.75, 3.05) is 10.6 Å². The summed E-state index contributed by atoms with van der Waals surface area (Å²) in [6, 6.07) is 1.99. The molecule has 1 amide bonds. The van der Waals surface area contributed by atoms with Gasteiger partial charge in [0.05, 0.1) is 5.33 Å². The Bertz CT molecular complexity index is 404. The number of anilines is 1. The summed E-state index contributed by atoms with van der Waals surface area (Å²) in [7, 11) is 0. The third-order valence-corrected chi connectivity index (χ3v) is 2.38. The van der Waals surface area contributed by atoms with E-state index in [-0.39, 0.29) is 17.1 Å². The summed E-state index contributed by atoms with van der Waals surface area (Å²) < 4.78 is 5.23. The summed E-state index contributed by atoms with van der Waals surface area (Å²) in [5.74, 6) is 0.633. The van der Waals surface area contributed by atoms with Gasteiger partial charge in [0.1, 0.15) is 17.4 Å².